The van der Waals surface area contributed by atoms with Crippen LogP contribution in [-0.4, -0.2) is 48.5 Å². The molecule has 1 aromatic rings. The molecule has 0 saturated carbocycles. The van der Waals surface area contributed by atoms with Crippen LogP contribution in [0, 0.1) is 5.92 Å². The highest BCUT2D eigenvalue weighted by molar-refractivity contribution is 6.42. The van der Waals surface area contributed by atoms with Gasteiger partial charge in [-0.2, -0.15) is 0 Å². The molecule has 2 saturated heterocycles. The van der Waals surface area contributed by atoms with Crippen molar-refractivity contribution in [1.82, 2.24) is 15.3 Å². The molecule has 3 atom stereocenters. The van der Waals surface area contributed by atoms with Crippen LogP contribution in [0.15, 0.2) is 18.2 Å². The molecule has 2 heterocycles. The summed E-state index contributed by atoms with van der Waals surface area (Å²) in [6.45, 7) is 11.4. The fourth-order valence-electron chi connectivity index (χ4n) is 4.71. The summed E-state index contributed by atoms with van der Waals surface area (Å²) in [4.78, 5) is 0. The number of hydrogen-bond donors (Lipinski definition) is 0. The van der Waals surface area contributed by atoms with Gasteiger partial charge in [0.25, 0.3) is 0 Å². The molecule has 1 spiro atoms. The molecule has 2 fully saturated rings. The molecule has 1 radical (unpaired) electrons. The third kappa shape index (κ3) is 4.94. The Balaban J connectivity index is 1.85. The van der Waals surface area contributed by atoms with Crippen molar-refractivity contribution in [3.8, 4) is 0 Å². The third-order valence-corrected chi connectivity index (χ3v) is 7.08. The van der Waals surface area contributed by atoms with Crippen molar-refractivity contribution >= 4 is 23.2 Å². The minimum Gasteiger partial charge on any atom is -0.369 e. The zero-order chi connectivity index (χ0) is 20.9. The summed E-state index contributed by atoms with van der Waals surface area (Å²) < 4.78 is 6.35. The first kappa shape index (κ1) is 23.3. The van der Waals surface area contributed by atoms with E-state index in [1.165, 1.54) is 38.5 Å². The Morgan fingerprint density at radius 1 is 1.10 bits per heavy atom. The normalized spacial score (nSPS) is 27.5. The second kappa shape index (κ2) is 10.8. The second-order valence-electron chi connectivity index (χ2n) is 8.44. The minimum atomic E-state index is -0.339. The van der Waals surface area contributed by atoms with Gasteiger partial charge in [0.05, 0.1) is 16.7 Å². The Morgan fingerprint density at radius 3 is 2.38 bits per heavy atom. The van der Waals surface area contributed by atoms with E-state index in [4.69, 9.17) is 33.3 Å². The van der Waals surface area contributed by atoms with Crippen molar-refractivity contribution in [3.63, 3.8) is 0 Å². The van der Waals surface area contributed by atoms with Crippen LogP contribution in [0.25, 0.3) is 0 Å². The summed E-state index contributed by atoms with van der Waals surface area (Å²) in [6, 6.07) is 5.88. The highest BCUT2D eigenvalue weighted by atomic mass is 35.5. The molecule has 2 aliphatic heterocycles. The predicted molar refractivity (Wildman–Crippen MR) is 121 cm³/mol. The Labute approximate surface area is 186 Å². The minimum absolute atomic E-state index is 0.116. The van der Waals surface area contributed by atoms with Gasteiger partial charge in [-0.1, -0.05) is 75.7 Å². The van der Waals surface area contributed by atoms with E-state index in [9.17, 15) is 0 Å². The zero-order valence-corrected chi connectivity index (χ0v) is 19.7. The molecule has 0 bridgehead atoms. The van der Waals surface area contributed by atoms with E-state index in [-0.39, 0.29) is 11.8 Å². The van der Waals surface area contributed by atoms with Gasteiger partial charge in [0.2, 0.25) is 0 Å². The summed E-state index contributed by atoms with van der Waals surface area (Å²) >= 11 is 12.5. The SMILES string of the molecule is CCCCCN(CCCCC)N1CC(C)C12[N]CCOC2c1ccc(Cl)c(Cl)c1. The van der Waals surface area contributed by atoms with Crippen LogP contribution in [-0.2, 0) is 4.74 Å². The molecule has 0 N–H and O–H groups in total. The van der Waals surface area contributed by atoms with Gasteiger partial charge >= 0.3 is 0 Å². The smallest absolute Gasteiger partial charge is 0.134 e. The van der Waals surface area contributed by atoms with Gasteiger partial charge in [-0.3, -0.25) is 0 Å². The van der Waals surface area contributed by atoms with E-state index < -0.39 is 0 Å². The van der Waals surface area contributed by atoms with E-state index in [0.29, 0.717) is 22.6 Å². The fourth-order valence-corrected chi connectivity index (χ4v) is 5.02. The van der Waals surface area contributed by atoms with Gasteiger partial charge in [-0.05, 0) is 30.5 Å². The lowest BCUT2D eigenvalue weighted by Crippen LogP contribution is -2.79. The second-order valence-corrected chi connectivity index (χ2v) is 9.25. The summed E-state index contributed by atoms with van der Waals surface area (Å²) in [5, 5.41) is 11.4. The molecule has 3 rings (SSSR count). The van der Waals surface area contributed by atoms with Crippen molar-refractivity contribution in [2.75, 3.05) is 32.8 Å². The van der Waals surface area contributed by atoms with Gasteiger partial charge in [-0.15, -0.1) is 0 Å². The van der Waals surface area contributed by atoms with E-state index in [1.807, 2.05) is 18.2 Å². The maximum Gasteiger partial charge on any atom is 0.134 e. The predicted octanol–water partition coefficient (Wildman–Crippen LogP) is 5.91. The topological polar surface area (TPSA) is 29.8 Å². The van der Waals surface area contributed by atoms with Crippen molar-refractivity contribution in [1.29, 1.82) is 0 Å². The van der Waals surface area contributed by atoms with Gasteiger partial charge in [0.15, 0.2) is 0 Å². The highest BCUT2D eigenvalue weighted by Crippen LogP contribution is 2.49. The van der Waals surface area contributed by atoms with Gasteiger partial charge < -0.3 is 4.74 Å². The first-order chi connectivity index (χ1) is 14.0. The standard InChI is InChI=1S/C23H36Cl2N3O/c1-4-6-8-13-27(14-9-7-5-2)28-17-18(3)23(28)22(29-15-12-26-23)19-10-11-20(24)21(25)16-19/h10-11,16,18,22H,4-9,12-15,17H2,1-3H3. The number of morpholine rings is 1. The number of hydrogen-bond acceptors (Lipinski definition) is 3. The Bertz CT molecular complexity index is 649. The van der Waals surface area contributed by atoms with Gasteiger partial charge in [0, 0.05) is 32.1 Å². The fraction of sp³-hybridized carbons (Fsp3) is 0.739. The largest absolute Gasteiger partial charge is 0.369 e. The van der Waals surface area contributed by atoms with Crippen molar-refractivity contribution in [2.24, 2.45) is 5.92 Å². The average Bonchev–Trinajstić information content (AvgIpc) is 2.73. The van der Waals surface area contributed by atoms with Crippen molar-refractivity contribution in [2.45, 2.75) is 71.1 Å². The van der Waals surface area contributed by atoms with E-state index >= 15 is 0 Å². The molecule has 29 heavy (non-hydrogen) atoms. The summed E-state index contributed by atoms with van der Waals surface area (Å²) in [5.41, 5.74) is 0.731. The molecule has 0 amide bonds. The van der Waals surface area contributed by atoms with Crippen LogP contribution in [0.4, 0.5) is 0 Å². The van der Waals surface area contributed by atoms with E-state index in [0.717, 1.165) is 31.7 Å². The molecular formula is C23H36Cl2N3O. The Morgan fingerprint density at radius 2 is 1.79 bits per heavy atom. The van der Waals surface area contributed by atoms with Crippen molar-refractivity contribution < 1.29 is 4.74 Å². The molecular weight excluding hydrogens is 405 g/mol. The molecule has 0 aliphatic carbocycles. The zero-order valence-electron chi connectivity index (χ0n) is 18.2. The van der Waals surface area contributed by atoms with Crippen molar-refractivity contribution in [3.05, 3.63) is 33.8 Å². The number of ether oxygens (including phenoxy) is 1. The summed E-state index contributed by atoms with van der Waals surface area (Å²) in [6.07, 6.45) is 7.35. The Kier molecular flexibility index (Phi) is 8.67. The maximum absolute atomic E-state index is 6.35. The quantitative estimate of drug-likeness (QED) is 0.423. The monoisotopic (exact) mass is 440 g/mol. The maximum atomic E-state index is 6.35. The number of benzene rings is 1. The summed E-state index contributed by atoms with van der Waals surface area (Å²) in [7, 11) is 0. The summed E-state index contributed by atoms with van der Waals surface area (Å²) in [5.74, 6) is 0.433. The molecule has 6 heteroatoms. The molecule has 2 aliphatic rings. The lowest BCUT2D eigenvalue weighted by atomic mass is 9.76. The first-order valence-electron chi connectivity index (χ1n) is 11.3. The third-order valence-electron chi connectivity index (χ3n) is 6.34. The lowest BCUT2D eigenvalue weighted by molar-refractivity contribution is -0.288. The van der Waals surface area contributed by atoms with Crippen LogP contribution < -0.4 is 5.32 Å². The molecule has 4 nitrogen and oxygen atoms in total. The lowest BCUT2D eigenvalue weighted by Gasteiger charge is -2.64. The van der Waals surface area contributed by atoms with Crippen LogP contribution in [0.1, 0.15) is 71.0 Å². The molecule has 3 unspecified atom stereocenters. The Hall–Kier alpha value is -0.360. The number of nitrogens with zero attached hydrogens (tertiary/aromatic N) is 3. The average molecular weight is 441 g/mol. The number of rotatable bonds is 10. The first-order valence-corrected chi connectivity index (χ1v) is 12.1. The molecule has 0 aromatic heterocycles. The van der Waals surface area contributed by atoms with Gasteiger partial charge in [0.1, 0.15) is 11.8 Å². The van der Waals surface area contributed by atoms with E-state index in [2.05, 4.69) is 30.8 Å². The van der Waals surface area contributed by atoms with Crippen LogP contribution >= 0.6 is 23.2 Å². The number of halogens is 2. The molecule has 163 valence electrons. The number of unbranched alkanes of at least 4 members (excludes halogenated alkanes) is 4. The number of hydrazine groups is 1. The van der Waals surface area contributed by atoms with E-state index in [1.54, 1.807) is 0 Å². The van der Waals surface area contributed by atoms with Crippen LogP contribution in [0.2, 0.25) is 10.0 Å². The van der Waals surface area contributed by atoms with Crippen LogP contribution in [0.3, 0.4) is 0 Å². The van der Waals surface area contributed by atoms with Crippen LogP contribution in [0.5, 0.6) is 0 Å². The van der Waals surface area contributed by atoms with Gasteiger partial charge in [-0.25, -0.2) is 15.3 Å². The molecule has 1 aromatic carbocycles. The highest BCUT2D eigenvalue weighted by Gasteiger charge is 2.61.